The fourth-order valence-electron chi connectivity index (χ4n) is 3.79. The van der Waals surface area contributed by atoms with Gasteiger partial charge in [0, 0.05) is 25.0 Å². The monoisotopic (exact) mass is 346 g/mol. The van der Waals surface area contributed by atoms with E-state index in [4.69, 9.17) is 9.97 Å². The van der Waals surface area contributed by atoms with Gasteiger partial charge >= 0.3 is 0 Å². The molecule has 4 rings (SSSR count). The third kappa shape index (κ3) is 3.64. The van der Waals surface area contributed by atoms with Gasteiger partial charge in [0.1, 0.15) is 5.82 Å². The van der Waals surface area contributed by atoms with E-state index in [1.807, 2.05) is 12.1 Å². The number of rotatable bonds is 5. The summed E-state index contributed by atoms with van der Waals surface area (Å²) in [5.41, 5.74) is 2.46. The molecule has 3 aromatic rings. The number of benzene rings is 2. The van der Waals surface area contributed by atoms with Crippen molar-refractivity contribution in [3.8, 4) is 0 Å². The van der Waals surface area contributed by atoms with Gasteiger partial charge < -0.3 is 10.2 Å². The molecule has 0 saturated carbocycles. The Morgan fingerprint density at radius 2 is 1.69 bits per heavy atom. The topological polar surface area (TPSA) is 41.1 Å². The molecule has 4 heteroatoms. The summed E-state index contributed by atoms with van der Waals surface area (Å²) in [6.07, 6.45) is 3.57. The summed E-state index contributed by atoms with van der Waals surface area (Å²) in [5.74, 6) is 2.56. The van der Waals surface area contributed by atoms with E-state index in [2.05, 4.69) is 59.6 Å². The molecule has 1 fully saturated rings. The third-order valence-electron chi connectivity index (χ3n) is 5.20. The molecular weight excluding hydrogens is 320 g/mol. The molecule has 2 aromatic carbocycles. The SMILES string of the molecule is CCNc1nc(N2CCC(Cc3ccccc3)CC2)nc2ccccc12. The number of hydrogen-bond acceptors (Lipinski definition) is 4. The van der Waals surface area contributed by atoms with Crippen LogP contribution in [-0.4, -0.2) is 29.6 Å². The average Bonchev–Trinajstić information content (AvgIpc) is 2.69. The Bertz CT molecular complexity index is 854. The smallest absolute Gasteiger partial charge is 0.227 e. The van der Waals surface area contributed by atoms with Crippen LogP contribution in [0.15, 0.2) is 54.6 Å². The Morgan fingerprint density at radius 1 is 0.962 bits per heavy atom. The molecule has 1 aliphatic rings. The summed E-state index contributed by atoms with van der Waals surface area (Å²) in [6.45, 7) is 5.02. The standard InChI is InChI=1S/C22H26N4/c1-2-23-21-19-10-6-7-11-20(19)24-22(25-21)26-14-12-18(13-15-26)16-17-8-4-3-5-9-17/h3-11,18H,2,12-16H2,1H3,(H,23,24,25). The minimum atomic E-state index is 0.752. The zero-order valence-corrected chi connectivity index (χ0v) is 15.4. The molecule has 26 heavy (non-hydrogen) atoms. The first-order chi connectivity index (χ1) is 12.8. The Hall–Kier alpha value is -2.62. The zero-order valence-electron chi connectivity index (χ0n) is 15.4. The van der Waals surface area contributed by atoms with Gasteiger partial charge in [-0.15, -0.1) is 0 Å². The van der Waals surface area contributed by atoms with E-state index in [1.165, 1.54) is 24.8 Å². The number of nitrogens with zero attached hydrogens (tertiary/aromatic N) is 3. The zero-order chi connectivity index (χ0) is 17.8. The van der Waals surface area contributed by atoms with Crippen LogP contribution in [0, 0.1) is 5.92 Å². The normalized spacial score (nSPS) is 15.3. The number of anilines is 2. The van der Waals surface area contributed by atoms with Gasteiger partial charge in [0.15, 0.2) is 0 Å². The third-order valence-corrected chi connectivity index (χ3v) is 5.20. The minimum Gasteiger partial charge on any atom is -0.370 e. The van der Waals surface area contributed by atoms with Crippen LogP contribution in [0.5, 0.6) is 0 Å². The lowest BCUT2D eigenvalue weighted by atomic mass is 9.90. The Kier molecular flexibility index (Phi) is 5.00. The number of nitrogens with one attached hydrogen (secondary N) is 1. The maximum atomic E-state index is 4.83. The lowest BCUT2D eigenvalue weighted by Crippen LogP contribution is -2.35. The fourth-order valence-corrected chi connectivity index (χ4v) is 3.79. The van der Waals surface area contributed by atoms with Crippen LogP contribution < -0.4 is 10.2 Å². The molecule has 0 amide bonds. The van der Waals surface area contributed by atoms with Crippen molar-refractivity contribution in [3.05, 3.63) is 60.2 Å². The van der Waals surface area contributed by atoms with Crippen LogP contribution in [0.2, 0.25) is 0 Å². The molecule has 0 atom stereocenters. The summed E-state index contributed by atoms with van der Waals surface area (Å²) in [7, 11) is 0. The summed E-state index contributed by atoms with van der Waals surface area (Å²) >= 11 is 0. The van der Waals surface area contributed by atoms with Crippen LogP contribution in [-0.2, 0) is 6.42 Å². The summed E-state index contributed by atoms with van der Waals surface area (Å²) in [4.78, 5) is 12.0. The molecular formula is C22H26N4. The van der Waals surface area contributed by atoms with Crippen LogP contribution in [0.25, 0.3) is 10.9 Å². The van der Waals surface area contributed by atoms with Crippen molar-refractivity contribution in [2.45, 2.75) is 26.2 Å². The van der Waals surface area contributed by atoms with Gasteiger partial charge in [-0.25, -0.2) is 4.98 Å². The summed E-state index contributed by atoms with van der Waals surface area (Å²) in [5, 5.41) is 4.49. The maximum Gasteiger partial charge on any atom is 0.227 e. The second-order valence-electron chi connectivity index (χ2n) is 7.04. The second kappa shape index (κ2) is 7.73. The molecule has 134 valence electrons. The molecule has 0 radical (unpaired) electrons. The van der Waals surface area contributed by atoms with Crippen molar-refractivity contribution in [2.24, 2.45) is 5.92 Å². The van der Waals surface area contributed by atoms with Gasteiger partial charge in [-0.3, -0.25) is 0 Å². The lowest BCUT2D eigenvalue weighted by Gasteiger charge is -2.32. The Balaban J connectivity index is 1.49. The van der Waals surface area contributed by atoms with E-state index >= 15 is 0 Å². The van der Waals surface area contributed by atoms with Gasteiger partial charge in [-0.1, -0.05) is 42.5 Å². The molecule has 1 N–H and O–H groups in total. The molecule has 0 aliphatic carbocycles. The highest BCUT2D eigenvalue weighted by atomic mass is 15.3. The van der Waals surface area contributed by atoms with Crippen molar-refractivity contribution in [3.63, 3.8) is 0 Å². The van der Waals surface area contributed by atoms with Gasteiger partial charge in [0.25, 0.3) is 0 Å². The molecule has 0 unspecified atom stereocenters. The van der Waals surface area contributed by atoms with E-state index in [-0.39, 0.29) is 0 Å². The van der Waals surface area contributed by atoms with Crippen LogP contribution >= 0.6 is 0 Å². The average molecular weight is 346 g/mol. The Labute approximate surface area is 155 Å². The largest absolute Gasteiger partial charge is 0.370 e. The highest BCUT2D eigenvalue weighted by molar-refractivity contribution is 5.90. The van der Waals surface area contributed by atoms with Crippen molar-refractivity contribution in [1.82, 2.24) is 9.97 Å². The second-order valence-corrected chi connectivity index (χ2v) is 7.04. The molecule has 0 spiro atoms. The maximum absolute atomic E-state index is 4.83. The molecule has 4 nitrogen and oxygen atoms in total. The first kappa shape index (κ1) is 16.8. The molecule has 1 saturated heterocycles. The van der Waals surface area contributed by atoms with Crippen molar-refractivity contribution >= 4 is 22.7 Å². The highest BCUT2D eigenvalue weighted by Gasteiger charge is 2.22. The summed E-state index contributed by atoms with van der Waals surface area (Å²) < 4.78 is 0. The molecule has 0 bridgehead atoms. The van der Waals surface area contributed by atoms with E-state index in [0.717, 1.165) is 48.2 Å². The number of fused-ring (bicyclic) bond motifs is 1. The first-order valence-corrected chi connectivity index (χ1v) is 9.63. The molecule has 2 heterocycles. The van der Waals surface area contributed by atoms with Crippen molar-refractivity contribution < 1.29 is 0 Å². The lowest BCUT2D eigenvalue weighted by molar-refractivity contribution is 0.401. The molecule has 1 aliphatic heterocycles. The van der Waals surface area contributed by atoms with Crippen molar-refractivity contribution in [1.29, 1.82) is 0 Å². The summed E-state index contributed by atoms with van der Waals surface area (Å²) in [6, 6.07) is 19.1. The fraction of sp³-hybridized carbons (Fsp3) is 0.364. The predicted molar refractivity (Wildman–Crippen MR) is 109 cm³/mol. The number of piperidine rings is 1. The van der Waals surface area contributed by atoms with Crippen molar-refractivity contribution in [2.75, 3.05) is 29.9 Å². The quantitative estimate of drug-likeness (QED) is 0.737. The van der Waals surface area contributed by atoms with Crippen LogP contribution in [0.4, 0.5) is 11.8 Å². The van der Waals surface area contributed by atoms with Gasteiger partial charge in [-0.05, 0) is 49.8 Å². The van der Waals surface area contributed by atoms with Crippen LogP contribution in [0.3, 0.4) is 0 Å². The van der Waals surface area contributed by atoms with E-state index in [1.54, 1.807) is 0 Å². The minimum absolute atomic E-state index is 0.752. The van der Waals surface area contributed by atoms with Crippen LogP contribution in [0.1, 0.15) is 25.3 Å². The first-order valence-electron chi connectivity index (χ1n) is 9.63. The van der Waals surface area contributed by atoms with Gasteiger partial charge in [0.2, 0.25) is 5.95 Å². The number of hydrogen-bond donors (Lipinski definition) is 1. The Morgan fingerprint density at radius 3 is 2.46 bits per heavy atom. The highest BCUT2D eigenvalue weighted by Crippen LogP contribution is 2.27. The molecule has 1 aromatic heterocycles. The van der Waals surface area contributed by atoms with E-state index < -0.39 is 0 Å². The predicted octanol–water partition coefficient (Wildman–Crippen LogP) is 4.52. The number of aromatic nitrogens is 2. The van der Waals surface area contributed by atoms with Gasteiger partial charge in [-0.2, -0.15) is 4.98 Å². The van der Waals surface area contributed by atoms with E-state index in [9.17, 15) is 0 Å². The van der Waals surface area contributed by atoms with Gasteiger partial charge in [0.05, 0.1) is 5.52 Å². The van der Waals surface area contributed by atoms with E-state index in [0.29, 0.717) is 0 Å². The number of para-hydroxylation sites is 1.